The number of aryl methyl sites for hydroxylation is 1. The van der Waals surface area contributed by atoms with Crippen molar-refractivity contribution < 1.29 is 22.7 Å². The molecule has 2 aromatic rings. The first-order valence-corrected chi connectivity index (χ1v) is 10.4. The minimum absolute atomic E-state index is 0.0612. The minimum Gasteiger partial charge on any atom is -0.462 e. The fraction of sp³-hybridized carbons (Fsp3) is 0.263. The van der Waals surface area contributed by atoms with Gasteiger partial charge in [-0.05, 0) is 56.0 Å². The first-order chi connectivity index (χ1) is 13.2. The molecule has 0 unspecified atom stereocenters. The van der Waals surface area contributed by atoms with Crippen molar-refractivity contribution in [3.05, 3.63) is 46.3 Å². The summed E-state index contributed by atoms with van der Waals surface area (Å²) in [4.78, 5) is 28.1. The smallest absolute Gasteiger partial charge is 0.340 e. The van der Waals surface area contributed by atoms with Crippen LogP contribution in [0, 0.1) is 6.92 Å². The lowest BCUT2D eigenvalue weighted by Gasteiger charge is -2.06. The van der Waals surface area contributed by atoms with Crippen LogP contribution in [0.25, 0.3) is 11.1 Å². The van der Waals surface area contributed by atoms with Crippen molar-refractivity contribution in [3.63, 3.8) is 0 Å². The maximum Gasteiger partial charge on any atom is 0.340 e. The fourth-order valence-electron chi connectivity index (χ4n) is 3.91. The molecule has 1 amide bonds. The molecule has 1 aliphatic heterocycles. The Hall–Kier alpha value is -2.91. The number of carbonyl (C=O) groups is 2. The van der Waals surface area contributed by atoms with Gasteiger partial charge in [-0.3, -0.25) is 4.79 Å². The molecule has 2 aliphatic rings. The van der Waals surface area contributed by atoms with E-state index in [-0.39, 0.29) is 17.4 Å². The van der Waals surface area contributed by atoms with Gasteiger partial charge >= 0.3 is 5.97 Å². The van der Waals surface area contributed by atoms with Crippen molar-refractivity contribution in [2.45, 2.75) is 31.6 Å². The monoisotopic (exact) mass is 401 g/mol. The quantitative estimate of drug-likeness (QED) is 0.534. The van der Waals surface area contributed by atoms with Gasteiger partial charge in [0.15, 0.2) is 0 Å². The lowest BCUT2D eigenvalue weighted by molar-refractivity contribution is -0.110. The van der Waals surface area contributed by atoms with Gasteiger partial charge in [0.05, 0.1) is 22.6 Å². The number of fused-ring (bicyclic) bond motifs is 2. The number of esters is 1. The van der Waals surface area contributed by atoms with Crippen molar-refractivity contribution >= 4 is 38.7 Å². The highest BCUT2D eigenvalue weighted by Crippen LogP contribution is 2.44. The van der Waals surface area contributed by atoms with E-state index in [9.17, 15) is 18.0 Å². The molecule has 9 heteroatoms. The van der Waals surface area contributed by atoms with Gasteiger partial charge in [0, 0.05) is 22.6 Å². The van der Waals surface area contributed by atoms with Crippen LogP contribution in [0.2, 0.25) is 0 Å². The molecule has 0 spiro atoms. The maximum absolute atomic E-state index is 12.7. The van der Waals surface area contributed by atoms with E-state index in [1.54, 1.807) is 13.8 Å². The highest BCUT2D eigenvalue weighted by Gasteiger charge is 2.35. The number of anilines is 1. The summed E-state index contributed by atoms with van der Waals surface area (Å²) in [6.07, 6.45) is 1.14. The summed E-state index contributed by atoms with van der Waals surface area (Å²) in [6.45, 7) is 3.81. The Bertz CT molecular complexity index is 1170. The number of aromatic amines is 1. The SMILES string of the molecule is CCOC(=O)c1c(C)[nH]c2c1CC/C2=C1/C(=O)Nc2ccc(S(N)(=O)=O)cc21. The second-order valence-electron chi connectivity index (χ2n) is 6.76. The lowest BCUT2D eigenvalue weighted by atomic mass is 9.99. The third-order valence-corrected chi connectivity index (χ3v) is 5.97. The Morgan fingerprint density at radius 1 is 1.29 bits per heavy atom. The maximum atomic E-state index is 12.7. The van der Waals surface area contributed by atoms with Gasteiger partial charge in [0.25, 0.3) is 5.91 Å². The van der Waals surface area contributed by atoms with Crippen LogP contribution in [0.1, 0.15) is 46.2 Å². The molecular formula is C19H19N3O5S. The Balaban J connectivity index is 1.90. The number of hydrogen-bond acceptors (Lipinski definition) is 5. The predicted molar refractivity (Wildman–Crippen MR) is 103 cm³/mol. The molecule has 0 fully saturated rings. The minimum atomic E-state index is -3.90. The average molecular weight is 401 g/mol. The Morgan fingerprint density at radius 3 is 2.71 bits per heavy atom. The molecule has 0 saturated carbocycles. The summed E-state index contributed by atoms with van der Waals surface area (Å²) >= 11 is 0. The normalized spacial score (nSPS) is 18.0. The molecule has 2 heterocycles. The summed E-state index contributed by atoms with van der Waals surface area (Å²) in [5.74, 6) is -0.703. The van der Waals surface area contributed by atoms with Crippen LogP contribution in [0.15, 0.2) is 23.1 Å². The molecule has 28 heavy (non-hydrogen) atoms. The summed E-state index contributed by atoms with van der Waals surface area (Å²) in [5, 5.41) is 8.00. The summed E-state index contributed by atoms with van der Waals surface area (Å²) in [5.41, 5.74) is 4.89. The molecule has 0 atom stereocenters. The summed E-state index contributed by atoms with van der Waals surface area (Å²) in [6, 6.07) is 4.30. The number of aromatic nitrogens is 1. The number of primary sulfonamides is 1. The number of nitrogens with one attached hydrogen (secondary N) is 2. The van der Waals surface area contributed by atoms with E-state index >= 15 is 0 Å². The van der Waals surface area contributed by atoms with Crippen LogP contribution in [0.3, 0.4) is 0 Å². The molecule has 1 aromatic carbocycles. The third kappa shape index (κ3) is 2.74. The topological polar surface area (TPSA) is 131 Å². The molecule has 4 N–H and O–H groups in total. The van der Waals surface area contributed by atoms with E-state index in [1.807, 2.05) is 0 Å². The van der Waals surface area contributed by atoms with E-state index in [2.05, 4.69) is 10.3 Å². The number of carbonyl (C=O) groups excluding carboxylic acids is 2. The van der Waals surface area contributed by atoms with Crippen molar-refractivity contribution in [1.82, 2.24) is 4.98 Å². The molecule has 146 valence electrons. The number of nitrogens with two attached hydrogens (primary N) is 1. The number of benzene rings is 1. The highest BCUT2D eigenvalue weighted by molar-refractivity contribution is 7.89. The second kappa shape index (κ2) is 6.32. The van der Waals surface area contributed by atoms with Crippen LogP contribution in [-0.4, -0.2) is 31.9 Å². The zero-order valence-corrected chi connectivity index (χ0v) is 16.2. The molecule has 0 radical (unpaired) electrons. The van der Waals surface area contributed by atoms with Crippen molar-refractivity contribution in [2.75, 3.05) is 11.9 Å². The number of H-pyrrole nitrogens is 1. The van der Waals surface area contributed by atoms with Crippen LogP contribution < -0.4 is 10.5 Å². The molecular weight excluding hydrogens is 382 g/mol. The Kier molecular flexibility index (Phi) is 4.16. The van der Waals surface area contributed by atoms with Gasteiger partial charge in [-0.15, -0.1) is 0 Å². The average Bonchev–Trinajstić information content (AvgIpc) is 3.23. The first-order valence-electron chi connectivity index (χ1n) is 8.83. The molecule has 0 saturated heterocycles. The van der Waals surface area contributed by atoms with Crippen molar-refractivity contribution in [2.24, 2.45) is 5.14 Å². The summed E-state index contributed by atoms with van der Waals surface area (Å²) < 4.78 is 28.6. The van der Waals surface area contributed by atoms with E-state index < -0.39 is 16.0 Å². The second-order valence-corrected chi connectivity index (χ2v) is 8.32. The van der Waals surface area contributed by atoms with Crippen LogP contribution in [0.4, 0.5) is 5.69 Å². The van der Waals surface area contributed by atoms with Gasteiger partial charge in [-0.25, -0.2) is 18.4 Å². The third-order valence-electron chi connectivity index (χ3n) is 5.06. The zero-order chi connectivity index (χ0) is 20.2. The highest BCUT2D eigenvalue weighted by atomic mass is 32.2. The van der Waals surface area contributed by atoms with Gasteiger partial charge in [-0.2, -0.15) is 0 Å². The summed E-state index contributed by atoms with van der Waals surface area (Å²) in [7, 11) is -3.90. The predicted octanol–water partition coefficient (Wildman–Crippen LogP) is 1.96. The number of rotatable bonds is 3. The number of allylic oxidation sites excluding steroid dienone is 1. The van der Waals surface area contributed by atoms with E-state index in [1.165, 1.54) is 18.2 Å². The number of sulfonamides is 1. The fourth-order valence-corrected chi connectivity index (χ4v) is 4.45. The standard InChI is InChI=1S/C19H19N3O5S/c1-3-27-19(24)15-9(2)21-17-11(15)5-6-12(17)16-13-8-10(28(20,25)26)4-7-14(13)22-18(16)23/h4,7-8,21H,3,5-6H2,1-2H3,(H,22,23)(H2,20,25,26)/b16-12-. The molecule has 1 aliphatic carbocycles. The number of ether oxygens (including phenoxy) is 1. The molecule has 0 bridgehead atoms. The molecule has 8 nitrogen and oxygen atoms in total. The van der Waals surface area contributed by atoms with E-state index in [0.717, 1.165) is 16.8 Å². The van der Waals surface area contributed by atoms with Crippen molar-refractivity contribution in [3.8, 4) is 0 Å². The van der Waals surface area contributed by atoms with Crippen molar-refractivity contribution in [1.29, 1.82) is 0 Å². The number of hydrogen-bond donors (Lipinski definition) is 3. The Morgan fingerprint density at radius 2 is 2.04 bits per heavy atom. The van der Waals surface area contributed by atoms with Crippen LogP contribution >= 0.6 is 0 Å². The van der Waals surface area contributed by atoms with Gasteiger partial charge in [0.2, 0.25) is 10.0 Å². The largest absolute Gasteiger partial charge is 0.462 e. The first kappa shape index (κ1) is 18.5. The Labute approximate surface area is 161 Å². The van der Waals surface area contributed by atoms with Gasteiger partial charge < -0.3 is 15.0 Å². The van der Waals surface area contributed by atoms with E-state index in [0.29, 0.717) is 40.9 Å². The van der Waals surface area contributed by atoms with Gasteiger partial charge in [-0.1, -0.05) is 0 Å². The zero-order valence-electron chi connectivity index (χ0n) is 15.4. The van der Waals surface area contributed by atoms with E-state index in [4.69, 9.17) is 9.88 Å². The van der Waals surface area contributed by atoms with Crippen LogP contribution in [-0.2, 0) is 26.0 Å². The molecule has 1 aromatic heterocycles. The molecule has 4 rings (SSSR count). The van der Waals surface area contributed by atoms with Crippen LogP contribution in [0.5, 0.6) is 0 Å². The lowest BCUT2D eigenvalue weighted by Crippen LogP contribution is -2.12. The number of amides is 1. The van der Waals surface area contributed by atoms with Gasteiger partial charge in [0.1, 0.15) is 0 Å².